The third-order valence-corrected chi connectivity index (χ3v) is 8.75. The van der Waals surface area contributed by atoms with Crippen LogP contribution >= 0.6 is 0 Å². The Labute approximate surface area is 228 Å². The van der Waals surface area contributed by atoms with Gasteiger partial charge in [-0.25, -0.2) is 0 Å². The van der Waals surface area contributed by atoms with Gasteiger partial charge in [0.1, 0.15) is 6.10 Å². The Morgan fingerprint density at radius 1 is 0.579 bits per heavy atom. The molecular weight excluding hydrogens is 480 g/mol. The Hall–Kier alpha value is -1.80. The van der Waals surface area contributed by atoms with Crippen molar-refractivity contribution in [1.82, 2.24) is 0 Å². The van der Waals surface area contributed by atoms with Gasteiger partial charge in [-0.2, -0.15) is 0 Å². The summed E-state index contributed by atoms with van der Waals surface area (Å²) in [6, 6.07) is 20.5. The molecule has 0 saturated carbocycles. The number of methoxy groups -OCH3 is 1. The van der Waals surface area contributed by atoms with Crippen molar-refractivity contribution >= 4 is 0 Å². The van der Waals surface area contributed by atoms with Crippen LogP contribution in [-0.4, -0.2) is 51.2 Å². The molecule has 38 heavy (non-hydrogen) atoms. The molecule has 2 aromatic carbocycles. The Morgan fingerprint density at radius 3 is 1.63 bits per heavy atom. The van der Waals surface area contributed by atoms with Crippen LogP contribution in [0, 0.1) is 29.6 Å². The molecule has 0 bridgehead atoms. The summed E-state index contributed by atoms with van der Waals surface area (Å²) in [6.45, 7) is 13.2. The topological polar surface area (TPSA) is 55.4 Å². The fraction of sp³-hybridized carbons (Fsp3) is 0.625. The zero-order valence-electron chi connectivity index (χ0n) is 23.8. The average Bonchev–Trinajstić information content (AvgIpc) is 2.94. The maximum absolute atomic E-state index is 6.81. The van der Waals surface area contributed by atoms with Gasteiger partial charge in [0.05, 0.1) is 38.6 Å². The largest absolute Gasteiger partial charge is 0.374 e. The van der Waals surface area contributed by atoms with E-state index in [4.69, 9.17) is 28.4 Å². The molecule has 2 aromatic rings. The van der Waals surface area contributed by atoms with E-state index in [0.717, 1.165) is 5.56 Å². The molecule has 2 heterocycles. The highest BCUT2D eigenvalue weighted by Gasteiger charge is 2.47. The normalized spacial score (nSPS) is 35.7. The Bertz CT molecular complexity index is 939. The van der Waals surface area contributed by atoms with Gasteiger partial charge in [0, 0.05) is 18.9 Å². The minimum absolute atomic E-state index is 0.0355. The fourth-order valence-corrected chi connectivity index (χ4v) is 5.60. The summed E-state index contributed by atoms with van der Waals surface area (Å²) in [6.07, 6.45) is -1.10. The second kappa shape index (κ2) is 14.0. The Morgan fingerprint density at radius 2 is 1.08 bits per heavy atom. The maximum atomic E-state index is 6.81. The van der Waals surface area contributed by atoms with E-state index in [1.165, 1.54) is 5.56 Å². The SMILES string of the molecule is CO[C@H]1OC(COCc2ccccc2)[C@@H](O[C@H]2OC(COCc3ccccc3)[C@@H](C)[C@H](C)C2C)[C@H](C)C1C. The van der Waals surface area contributed by atoms with Gasteiger partial charge in [0.15, 0.2) is 12.6 Å². The van der Waals surface area contributed by atoms with Crippen LogP contribution in [0.25, 0.3) is 0 Å². The monoisotopic (exact) mass is 526 g/mol. The number of ether oxygens (including phenoxy) is 6. The van der Waals surface area contributed by atoms with Crippen LogP contribution < -0.4 is 0 Å². The molecule has 2 saturated heterocycles. The van der Waals surface area contributed by atoms with E-state index in [1.807, 2.05) is 36.4 Å². The maximum Gasteiger partial charge on any atom is 0.161 e. The zero-order valence-corrected chi connectivity index (χ0v) is 23.8. The predicted octanol–water partition coefficient (Wildman–Crippen LogP) is 6.08. The summed E-state index contributed by atoms with van der Waals surface area (Å²) in [5.41, 5.74) is 2.30. The second-order valence-corrected chi connectivity index (χ2v) is 11.2. The van der Waals surface area contributed by atoms with Gasteiger partial charge in [0.2, 0.25) is 0 Å². The van der Waals surface area contributed by atoms with Gasteiger partial charge >= 0.3 is 0 Å². The molecular formula is C32H46O6. The van der Waals surface area contributed by atoms with Gasteiger partial charge in [-0.15, -0.1) is 0 Å². The second-order valence-electron chi connectivity index (χ2n) is 11.2. The summed E-state index contributed by atoms with van der Waals surface area (Å²) in [7, 11) is 1.70. The average molecular weight is 527 g/mol. The molecule has 0 aliphatic carbocycles. The molecule has 0 aromatic heterocycles. The van der Waals surface area contributed by atoms with Gasteiger partial charge in [-0.05, 0) is 28.9 Å². The molecule has 10 atom stereocenters. The number of hydrogen-bond acceptors (Lipinski definition) is 6. The predicted molar refractivity (Wildman–Crippen MR) is 147 cm³/mol. The van der Waals surface area contributed by atoms with Crippen molar-refractivity contribution in [2.24, 2.45) is 29.6 Å². The van der Waals surface area contributed by atoms with Crippen molar-refractivity contribution in [2.75, 3.05) is 20.3 Å². The molecule has 2 aliphatic rings. The molecule has 4 rings (SSSR count). The molecule has 6 nitrogen and oxygen atoms in total. The minimum Gasteiger partial charge on any atom is -0.374 e. The number of hydrogen-bond donors (Lipinski definition) is 0. The lowest BCUT2D eigenvalue weighted by molar-refractivity contribution is -0.327. The lowest BCUT2D eigenvalue weighted by atomic mass is 9.78. The third-order valence-electron chi connectivity index (χ3n) is 8.75. The van der Waals surface area contributed by atoms with Crippen molar-refractivity contribution in [1.29, 1.82) is 0 Å². The molecule has 0 spiro atoms. The molecule has 6 heteroatoms. The molecule has 2 aliphatic heterocycles. The van der Waals surface area contributed by atoms with Crippen LogP contribution in [0.5, 0.6) is 0 Å². The van der Waals surface area contributed by atoms with Crippen LogP contribution in [0.3, 0.4) is 0 Å². The van der Waals surface area contributed by atoms with Gasteiger partial charge in [-0.1, -0.05) is 95.3 Å². The summed E-state index contributed by atoms with van der Waals surface area (Å²) in [5, 5.41) is 0. The first kappa shape index (κ1) is 29.2. The van der Waals surface area contributed by atoms with E-state index in [1.54, 1.807) is 7.11 Å². The van der Waals surface area contributed by atoms with Crippen molar-refractivity contribution < 1.29 is 28.4 Å². The van der Waals surface area contributed by atoms with E-state index in [0.29, 0.717) is 38.3 Å². The van der Waals surface area contributed by atoms with Gasteiger partial charge in [0.25, 0.3) is 0 Å². The number of benzene rings is 2. The summed E-state index contributed by atoms with van der Waals surface area (Å²) >= 11 is 0. The van der Waals surface area contributed by atoms with Crippen molar-refractivity contribution in [3.63, 3.8) is 0 Å². The molecule has 0 N–H and O–H groups in total. The molecule has 0 radical (unpaired) electrons. The van der Waals surface area contributed by atoms with E-state index in [9.17, 15) is 0 Å². The highest BCUT2D eigenvalue weighted by Crippen LogP contribution is 2.40. The first-order valence-electron chi connectivity index (χ1n) is 14.1. The first-order chi connectivity index (χ1) is 18.4. The smallest absolute Gasteiger partial charge is 0.161 e. The van der Waals surface area contributed by atoms with Crippen molar-refractivity contribution in [3.05, 3.63) is 71.8 Å². The zero-order chi connectivity index (χ0) is 27.1. The van der Waals surface area contributed by atoms with Crippen LogP contribution in [-0.2, 0) is 41.6 Å². The van der Waals surface area contributed by atoms with Crippen molar-refractivity contribution in [2.45, 2.75) is 78.7 Å². The molecule has 0 amide bonds. The van der Waals surface area contributed by atoms with Crippen LogP contribution in [0.2, 0.25) is 0 Å². The van der Waals surface area contributed by atoms with Crippen LogP contribution in [0.4, 0.5) is 0 Å². The molecule has 4 unspecified atom stereocenters. The quantitative estimate of drug-likeness (QED) is 0.354. The van der Waals surface area contributed by atoms with Crippen LogP contribution in [0.15, 0.2) is 60.7 Å². The highest BCUT2D eigenvalue weighted by atomic mass is 16.7. The van der Waals surface area contributed by atoms with E-state index in [2.05, 4.69) is 58.9 Å². The minimum atomic E-state index is -0.342. The van der Waals surface area contributed by atoms with E-state index in [-0.39, 0.29) is 48.6 Å². The molecule has 210 valence electrons. The number of rotatable bonds is 11. The Balaban J connectivity index is 1.40. The third kappa shape index (κ3) is 7.23. The lowest BCUT2D eigenvalue weighted by Crippen LogP contribution is -2.56. The lowest BCUT2D eigenvalue weighted by Gasteiger charge is -2.48. The van der Waals surface area contributed by atoms with Gasteiger partial charge < -0.3 is 28.4 Å². The summed E-state index contributed by atoms with van der Waals surface area (Å²) < 4.78 is 37.7. The fourth-order valence-electron chi connectivity index (χ4n) is 5.60. The van der Waals surface area contributed by atoms with Gasteiger partial charge in [-0.3, -0.25) is 0 Å². The van der Waals surface area contributed by atoms with Crippen LogP contribution in [0.1, 0.15) is 45.7 Å². The highest BCUT2D eigenvalue weighted by molar-refractivity contribution is 5.14. The summed E-state index contributed by atoms with van der Waals surface area (Å²) in [4.78, 5) is 0. The van der Waals surface area contributed by atoms with Crippen molar-refractivity contribution in [3.8, 4) is 0 Å². The first-order valence-corrected chi connectivity index (χ1v) is 14.1. The van der Waals surface area contributed by atoms with E-state index >= 15 is 0 Å². The summed E-state index contributed by atoms with van der Waals surface area (Å²) in [5.74, 6) is 1.41. The Kier molecular flexibility index (Phi) is 10.8. The standard InChI is InChI=1S/C32H46O6/c1-21-22(2)28(19-34-17-26-13-9-7-10-14-26)36-32(24(21)4)38-30-23(3)25(5)31(33-6)37-29(30)20-35-18-27-15-11-8-12-16-27/h7-16,21-25,28-32H,17-20H2,1-6H3/t21-,22-,23+,24?,25?,28?,29?,30-,31-,32+/m0/s1. The molecule has 2 fully saturated rings. The van der Waals surface area contributed by atoms with E-state index < -0.39 is 0 Å².